The third-order valence-electron chi connectivity index (χ3n) is 3.86. The zero-order valence-corrected chi connectivity index (χ0v) is 10.6. The van der Waals surface area contributed by atoms with Crippen molar-refractivity contribution >= 4 is 17.6 Å². The van der Waals surface area contributed by atoms with Gasteiger partial charge in [0, 0.05) is 6.42 Å². The Kier molecular flexibility index (Phi) is 2.20. The molecule has 1 N–H and O–H groups in total. The number of nitrogens with zero attached hydrogens (tertiary/aromatic N) is 3. The lowest BCUT2D eigenvalue weighted by molar-refractivity contribution is -0.120. The summed E-state index contributed by atoms with van der Waals surface area (Å²) in [6.07, 6.45) is 2.09. The van der Waals surface area contributed by atoms with Crippen LogP contribution in [0.2, 0.25) is 0 Å². The van der Waals surface area contributed by atoms with Crippen LogP contribution in [-0.4, -0.2) is 32.8 Å². The number of fused-ring (bicyclic) bond motifs is 2. The van der Waals surface area contributed by atoms with Crippen molar-refractivity contribution in [1.29, 1.82) is 0 Å². The lowest BCUT2D eigenvalue weighted by Gasteiger charge is -2.25. The Hall–Kier alpha value is -2.63. The van der Waals surface area contributed by atoms with Crippen LogP contribution in [0.25, 0.3) is 0 Å². The van der Waals surface area contributed by atoms with E-state index in [2.05, 4.69) is 9.97 Å². The Labute approximate surface area is 115 Å². The predicted molar refractivity (Wildman–Crippen MR) is 70.9 cm³/mol. The molecule has 4 rings (SSSR count). The summed E-state index contributed by atoms with van der Waals surface area (Å²) < 4.78 is 0. The van der Waals surface area contributed by atoms with Gasteiger partial charge in [0.05, 0.1) is 29.9 Å². The average molecular weight is 268 g/mol. The van der Waals surface area contributed by atoms with E-state index in [1.165, 1.54) is 4.90 Å². The molecule has 1 fully saturated rings. The largest absolute Gasteiger partial charge is 0.347 e. The minimum absolute atomic E-state index is 0.171. The molecule has 3 amide bonds. The van der Waals surface area contributed by atoms with E-state index in [4.69, 9.17) is 0 Å². The van der Waals surface area contributed by atoms with Gasteiger partial charge < -0.3 is 9.88 Å². The van der Waals surface area contributed by atoms with Crippen LogP contribution in [0.15, 0.2) is 36.7 Å². The van der Waals surface area contributed by atoms with E-state index in [1.807, 2.05) is 18.2 Å². The molecular weight excluding hydrogens is 256 g/mol. The molecule has 1 saturated heterocycles. The number of aromatic nitrogens is 2. The second-order valence-corrected chi connectivity index (χ2v) is 4.97. The van der Waals surface area contributed by atoms with Crippen molar-refractivity contribution in [1.82, 2.24) is 14.9 Å². The Balaban J connectivity index is 1.73. The monoisotopic (exact) mass is 268 g/mol. The minimum atomic E-state index is -0.432. The van der Waals surface area contributed by atoms with Gasteiger partial charge in [-0.2, -0.15) is 0 Å². The highest BCUT2D eigenvalue weighted by molar-refractivity contribution is 6.21. The van der Waals surface area contributed by atoms with Crippen LogP contribution in [0.4, 0.5) is 10.5 Å². The molecule has 100 valence electrons. The second kappa shape index (κ2) is 3.93. The first-order valence-corrected chi connectivity index (χ1v) is 6.46. The van der Waals surface area contributed by atoms with Gasteiger partial charge in [0.15, 0.2) is 0 Å². The normalized spacial score (nSPS) is 21.1. The number of amides is 3. The number of imidazole rings is 1. The molecule has 2 aliphatic heterocycles. The molecule has 6 nitrogen and oxygen atoms in total. The zero-order valence-electron chi connectivity index (χ0n) is 10.6. The SMILES string of the molecule is O=C1C2Cc3nc[nH]c3CN2C(=O)N1c1ccccc1. The van der Waals surface area contributed by atoms with Crippen molar-refractivity contribution in [3.05, 3.63) is 48.0 Å². The standard InChI is InChI=1S/C14H12N4O2/c19-13-12-6-10-11(16-8-15-10)7-17(12)14(20)18(13)9-4-2-1-3-5-9/h1-5,8,12H,6-7H2,(H,15,16). The number of nitrogens with one attached hydrogen (secondary N) is 1. The summed E-state index contributed by atoms with van der Waals surface area (Å²) in [4.78, 5) is 35.1. The third-order valence-corrected chi connectivity index (χ3v) is 3.86. The van der Waals surface area contributed by atoms with Crippen LogP contribution in [0, 0.1) is 0 Å². The molecule has 1 aromatic heterocycles. The number of hydrogen-bond acceptors (Lipinski definition) is 3. The predicted octanol–water partition coefficient (Wildman–Crippen LogP) is 1.30. The van der Waals surface area contributed by atoms with Crippen LogP contribution in [-0.2, 0) is 17.8 Å². The minimum Gasteiger partial charge on any atom is -0.347 e. The Bertz CT molecular complexity index is 656. The molecule has 0 radical (unpaired) electrons. The van der Waals surface area contributed by atoms with E-state index in [9.17, 15) is 9.59 Å². The lowest BCUT2D eigenvalue weighted by Crippen LogP contribution is -2.40. The maximum atomic E-state index is 12.5. The number of anilines is 1. The maximum absolute atomic E-state index is 12.5. The first kappa shape index (κ1) is 11.2. The average Bonchev–Trinajstić information content (AvgIpc) is 3.02. The number of carbonyl (C=O) groups excluding carboxylic acids is 2. The number of urea groups is 1. The molecule has 0 saturated carbocycles. The molecule has 6 heteroatoms. The molecule has 20 heavy (non-hydrogen) atoms. The summed E-state index contributed by atoms with van der Waals surface area (Å²) in [6, 6.07) is 8.34. The van der Waals surface area contributed by atoms with Gasteiger partial charge in [-0.15, -0.1) is 0 Å². The lowest BCUT2D eigenvalue weighted by atomic mass is 10.0. The first-order valence-electron chi connectivity index (χ1n) is 6.46. The number of rotatable bonds is 1. The van der Waals surface area contributed by atoms with Crippen LogP contribution in [0.3, 0.4) is 0 Å². The number of aromatic amines is 1. The van der Waals surface area contributed by atoms with Gasteiger partial charge in [-0.25, -0.2) is 14.7 Å². The van der Waals surface area contributed by atoms with Gasteiger partial charge >= 0.3 is 6.03 Å². The highest BCUT2D eigenvalue weighted by atomic mass is 16.2. The van der Waals surface area contributed by atoms with Crippen molar-refractivity contribution in [2.24, 2.45) is 0 Å². The van der Waals surface area contributed by atoms with E-state index in [0.29, 0.717) is 18.7 Å². The van der Waals surface area contributed by atoms with Crippen molar-refractivity contribution in [3.63, 3.8) is 0 Å². The molecule has 2 aromatic rings. The van der Waals surface area contributed by atoms with Gasteiger partial charge in [-0.3, -0.25) is 4.79 Å². The van der Waals surface area contributed by atoms with E-state index in [1.54, 1.807) is 23.4 Å². The summed E-state index contributed by atoms with van der Waals surface area (Å²) >= 11 is 0. The number of hydrogen-bond donors (Lipinski definition) is 1. The number of benzene rings is 1. The van der Waals surface area contributed by atoms with Crippen molar-refractivity contribution in [2.75, 3.05) is 4.90 Å². The number of para-hydroxylation sites is 1. The highest BCUT2D eigenvalue weighted by Crippen LogP contribution is 2.31. The van der Waals surface area contributed by atoms with E-state index < -0.39 is 6.04 Å². The van der Waals surface area contributed by atoms with Gasteiger partial charge in [0.2, 0.25) is 0 Å². The van der Waals surface area contributed by atoms with E-state index in [-0.39, 0.29) is 11.9 Å². The zero-order chi connectivity index (χ0) is 13.7. The Morgan fingerprint density at radius 1 is 1.20 bits per heavy atom. The number of H-pyrrole nitrogens is 1. The van der Waals surface area contributed by atoms with Crippen molar-refractivity contribution < 1.29 is 9.59 Å². The molecular formula is C14H12N4O2. The molecule has 0 bridgehead atoms. The highest BCUT2D eigenvalue weighted by Gasteiger charge is 2.48. The fourth-order valence-electron chi connectivity index (χ4n) is 2.84. The Morgan fingerprint density at radius 3 is 2.80 bits per heavy atom. The fourth-order valence-corrected chi connectivity index (χ4v) is 2.84. The van der Waals surface area contributed by atoms with E-state index >= 15 is 0 Å². The van der Waals surface area contributed by atoms with Crippen LogP contribution in [0.1, 0.15) is 11.4 Å². The summed E-state index contributed by atoms with van der Waals surface area (Å²) in [6.45, 7) is 0.411. The molecule has 1 unspecified atom stereocenters. The molecule has 1 aromatic carbocycles. The van der Waals surface area contributed by atoms with Crippen LogP contribution < -0.4 is 4.90 Å². The second-order valence-electron chi connectivity index (χ2n) is 4.97. The van der Waals surface area contributed by atoms with Gasteiger partial charge in [0.25, 0.3) is 5.91 Å². The van der Waals surface area contributed by atoms with Crippen LogP contribution in [0.5, 0.6) is 0 Å². The fraction of sp³-hybridized carbons (Fsp3) is 0.214. The van der Waals surface area contributed by atoms with Gasteiger partial charge in [0.1, 0.15) is 6.04 Å². The summed E-state index contributed by atoms with van der Waals surface area (Å²) in [7, 11) is 0. The third kappa shape index (κ3) is 1.41. The molecule has 2 aliphatic rings. The van der Waals surface area contributed by atoms with Crippen molar-refractivity contribution in [3.8, 4) is 0 Å². The number of carbonyl (C=O) groups is 2. The van der Waals surface area contributed by atoms with Gasteiger partial charge in [-0.05, 0) is 12.1 Å². The quantitative estimate of drug-likeness (QED) is 0.793. The maximum Gasteiger partial charge on any atom is 0.332 e. The molecule has 0 spiro atoms. The van der Waals surface area contributed by atoms with Crippen LogP contribution >= 0.6 is 0 Å². The number of imide groups is 1. The molecule has 3 heterocycles. The molecule has 1 atom stereocenters. The Morgan fingerprint density at radius 2 is 2.00 bits per heavy atom. The summed E-state index contributed by atoms with van der Waals surface area (Å²) in [5, 5.41) is 0. The summed E-state index contributed by atoms with van der Waals surface area (Å²) in [5.41, 5.74) is 2.41. The first-order chi connectivity index (χ1) is 9.75. The molecule has 0 aliphatic carbocycles. The van der Waals surface area contributed by atoms with Crippen molar-refractivity contribution in [2.45, 2.75) is 19.0 Å². The topological polar surface area (TPSA) is 69.3 Å². The smallest absolute Gasteiger partial charge is 0.332 e. The van der Waals surface area contributed by atoms with Gasteiger partial charge in [-0.1, -0.05) is 18.2 Å². The summed E-state index contributed by atoms with van der Waals surface area (Å²) in [5.74, 6) is -0.171. The van der Waals surface area contributed by atoms with E-state index in [0.717, 1.165) is 11.4 Å².